The largest absolute Gasteiger partial charge is 0.434 e. The van der Waals surface area contributed by atoms with E-state index in [1.165, 1.54) is 12.1 Å². The first-order valence-electron chi connectivity index (χ1n) is 7.57. The van der Waals surface area contributed by atoms with Gasteiger partial charge < -0.3 is 19.6 Å². The normalized spacial score (nSPS) is 20.6. The van der Waals surface area contributed by atoms with E-state index in [1.807, 2.05) is 0 Å². The van der Waals surface area contributed by atoms with E-state index >= 15 is 0 Å². The van der Waals surface area contributed by atoms with Crippen LogP contribution in [0.1, 0.15) is 17.5 Å². The van der Waals surface area contributed by atoms with Crippen molar-refractivity contribution in [3.05, 3.63) is 39.9 Å². The minimum absolute atomic E-state index is 0. The number of rotatable bonds is 4. The van der Waals surface area contributed by atoms with Crippen LogP contribution in [0, 0.1) is 0 Å². The highest BCUT2D eigenvalue weighted by atomic mass is 35.5. The molecule has 0 amide bonds. The van der Waals surface area contributed by atoms with Crippen LogP contribution >= 0.6 is 12.4 Å². The molecule has 2 aromatic rings. The van der Waals surface area contributed by atoms with Gasteiger partial charge in [-0.3, -0.25) is 0 Å². The van der Waals surface area contributed by atoms with Crippen molar-refractivity contribution < 1.29 is 27.1 Å². The van der Waals surface area contributed by atoms with Gasteiger partial charge in [0.1, 0.15) is 0 Å². The van der Waals surface area contributed by atoms with E-state index in [4.69, 9.17) is 19.6 Å². The SMILES string of the molecule is Cl.N[C@H]1CO[C@H](CCc2cc(-c3n[nH]c(=O)o3)ccc2C(F)(F)F)OC1. The van der Waals surface area contributed by atoms with Gasteiger partial charge in [-0.15, -0.1) is 17.5 Å². The van der Waals surface area contributed by atoms with E-state index in [2.05, 4.69) is 10.2 Å². The van der Waals surface area contributed by atoms with E-state index in [0.717, 1.165) is 6.07 Å². The summed E-state index contributed by atoms with van der Waals surface area (Å²) in [4.78, 5) is 11.0. The number of hydrogen-bond acceptors (Lipinski definition) is 6. The van der Waals surface area contributed by atoms with Crippen LogP contribution < -0.4 is 11.5 Å². The quantitative estimate of drug-likeness (QED) is 0.821. The number of halogens is 4. The van der Waals surface area contributed by atoms with E-state index in [1.54, 1.807) is 0 Å². The zero-order valence-corrected chi connectivity index (χ0v) is 14.2. The molecule has 0 aliphatic carbocycles. The monoisotopic (exact) mass is 395 g/mol. The van der Waals surface area contributed by atoms with Crippen molar-refractivity contribution in [3.8, 4) is 11.5 Å². The number of benzene rings is 1. The number of nitrogens with two attached hydrogens (primary N) is 1. The Morgan fingerprint density at radius 3 is 2.54 bits per heavy atom. The van der Waals surface area contributed by atoms with Crippen LogP contribution in [-0.2, 0) is 22.1 Å². The number of hydrogen-bond donors (Lipinski definition) is 2. The molecule has 3 N–H and O–H groups in total. The molecule has 1 aromatic heterocycles. The number of alkyl halides is 3. The lowest BCUT2D eigenvalue weighted by Crippen LogP contribution is -2.41. The zero-order valence-electron chi connectivity index (χ0n) is 13.4. The van der Waals surface area contributed by atoms with E-state index in [-0.39, 0.29) is 48.3 Å². The average molecular weight is 396 g/mol. The molecule has 0 unspecified atom stereocenters. The van der Waals surface area contributed by atoms with Crippen molar-refractivity contribution in [2.45, 2.75) is 31.3 Å². The van der Waals surface area contributed by atoms with Gasteiger partial charge in [-0.05, 0) is 30.2 Å². The summed E-state index contributed by atoms with van der Waals surface area (Å²) in [6, 6.07) is 3.22. The highest BCUT2D eigenvalue weighted by Crippen LogP contribution is 2.34. The summed E-state index contributed by atoms with van der Waals surface area (Å²) in [5.74, 6) is -0.854. The highest BCUT2D eigenvalue weighted by molar-refractivity contribution is 5.85. The summed E-state index contributed by atoms with van der Waals surface area (Å²) in [5.41, 5.74) is 5.18. The van der Waals surface area contributed by atoms with Gasteiger partial charge in [-0.2, -0.15) is 13.2 Å². The van der Waals surface area contributed by atoms with Crippen LogP contribution in [0.4, 0.5) is 13.2 Å². The van der Waals surface area contributed by atoms with Crippen LogP contribution in [0.5, 0.6) is 0 Å². The number of aromatic nitrogens is 2. The summed E-state index contributed by atoms with van der Waals surface area (Å²) in [7, 11) is 0. The van der Waals surface area contributed by atoms with Gasteiger partial charge in [-0.1, -0.05) is 0 Å². The Hall–Kier alpha value is -1.88. The second-order valence-electron chi connectivity index (χ2n) is 5.68. The maximum atomic E-state index is 13.2. The molecule has 11 heteroatoms. The molecule has 3 rings (SSSR count). The molecule has 1 aliphatic heterocycles. The standard InChI is InChI=1S/C15H16F3N3O4.ClH/c16-15(17,18)11-3-1-9(13-20-21-14(22)25-13)5-8(11)2-4-12-23-6-10(19)7-24-12;/h1,3,5,10,12H,2,4,6-7,19H2,(H,21,22);1H/t10-,12-;. The van der Waals surface area contributed by atoms with Gasteiger partial charge in [0.15, 0.2) is 6.29 Å². The van der Waals surface area contributed by atoms with Gasteiger partial charge >= 0.3 is 11.9 Å². The highest BCUT2D eigenvalue weighted by Gasteiger charge is 2.34. The Morgan fingerprint density at radius 1 is 1.27 bits per heavy atom. The smallest absolute Gasteiger partial charge is 0.388 e. The molecule has 144 valence electrons. The number of nitrogens with one attached hydrogen (secondary N) is 1. The summed E-state index contributed by atoms with van der Waals surface area (Å²) in [6.45, 7) is 0.602. The molecule has 1 aliphatic rings. The Bertz CT molecular complexity index is 785. The number of ether oxygens (including phenoxy) is 2. The number of aromatic amines is 1. The van der Waals surface area contributed by atoms with Crippen molar-refractivity contribution in [1.82, 2.24) is 10.2 Å². The van der Waals surface area contributed by atoms with Crippen LogP contribution in [-0.4, -0.2) is 35.7 Å². The fourth-order valence-electron chi connectivity index (χ4n) is 2.56. The molecule has 7 nitrogen and oxygen atoms in total. The Morgan fingerprint density at radius 2 is 1.96 bits per heavy atom. The maximum Gasteiger partial charge on any atom is 0.434 e. The van der Waals surface area contributed by atoms with E-state index in [9.17, 15) is 18.0 Å². The van der Waals surface area contributed by atoms with E-state index < -0.39 is 23.8 Å². The van der Waals surface area contributed by atoms with Crippen molar-refractivity contribution in [2.75, 3.05) is 13.2 Å². The van der Waals surface area contributed by atoms with Gasteiger partial charge in [-0.25, -0.2) is 9.89 Å². The van der Waals surface area contributed by atoms with Crippen molar-refractivity contribution in [2.24, 2.45) is 5.73 Å². The van der Waals surface area contributed by atoms with Crippen LogP contribution in [0.3, 0.4) is 0 Å². The minimum atomic E-state index is -4.50. The first kappa shape index (κ1) is 20.4. The van der Waals surface area contributed by atoms with Crippen molar-refractivity contribution in [1.29, 1.82) is 0 Å². The summed E-state index contributed by atoms with van der Waals surface area (Å²) in [5, 5.41) is 5.70. The lowest BCUT2D eigenvalue weighted by Gasteiger charge is -2.27. The van der Waals surface area contributed by atoms with Gasteiger partial charge in [0, 0.05) is 12.0 Å². The topological polar surface area (TPSA) is 103 Å². The number of nitrogens with zero attached hydrogens (tertiary/aromatic N) is 1. The molecule has 1 aromatic carbocycles. The van der Waals surface area contributed by atoms with Gasteiger partial charge in [0.25, 0.3) is 0 Å². The molecule has 2 heterocycles. The molecule has 0 radical (unpaired) electrons. The summed E-state index contributed by atoms with van der Waals surface area (Å²) < 4.78 is 55.2. The van der Waals surface area contributed by atoms with Crippen LogP contribution in [0.2, 0.25) is 0 Å². The minimum Gasteiger partial charge on any atom is -0.388 e. The van der Waals surface area contributed by atoms with Gasteiger partial charge in [0.05, 0.1) is 24.8 Å². The lowest BCUT2D eigenvalue weighted by atomic mass is 9.99. The number of H-pyrrole nitrogens is 1. The molecule has 1 saturated heterocycles. The molecule has 0 atom stereocenters. The molecule has 26 heavy (non-hydrogen) atoms. The third-order valence-electron chi connectivity index (χ3n) is 3.74. The molecule has 0 spiro atoms. The lowest BCUT2D eigenvalue weighted by molar-refractivity contribution is -0.187. The average Bonchev–Trinajstić information content (AvgIpc) is 3.00. The predicted molar refractivity (Wildman–Crippen MR) is 86.8 cm³/mol. The zero-order chi connectivity index (χ0) is 18.0. The number of aryl methyl sites for hydroxylation is 1. The fourth-order valence-corrected chi connectivity index (χ4v) is 2.56. The Labute approximate surface area is 152 Å². The summed E-state index contributed by atoms with van der Waals surface area (Å²) >= 11 is 0. The first-order chi connectivity index (χ1) is 11.8. The summed E-state index contributed by atoms with van der Waals surface area (Å²) in [6.07, 6.45) is -4.80. The Kier molecular flexibility index (Phi) is 6.45. The van der Waals surface area contributed by atoms with Gasteiger partial charge in [0.2, 0.25) is 5.89 Å². The maximum absolute atomic E-state index is 13.2. The predicted octanol–water partition coefficient (Wildman–Crippen LogP) is 2.10. The second kappa shape index (κ2) is 8.21. The molecule has 1 fully saturated rings. The third kappa shape index (κ3) is 4.85. The fraction of sp³-hybridized carbons (Fsp3) is 0.467. The van der Waals surface area contributed by atoms with Crippen molar-refractivity contribution >= 4 is 12.4 Å². The van der Waals surface area contributed by atoms with E-state index in [0.29, 0.717) is 13.2 Å². The second-order valence-corrected chi connectivity index (χ2v) is 5.68. The molecule has 0 saturated carbocycles. The van der Waals surface area contributed by atoms with Crippen molar-refractivity contribution in [3.63, 3.8) is 0 Å². The van der Waals surface area contributed by atoms with Crippen LogP contribution in [0.15, 0.2) is 27.4 Å². The first-order valence-corrected chi connectivity index (χ1v) is 7.57. The Balaban J connectivity index is 0.00000243. The molecular formula is C15H17ClF3N3O4. The van der Waals surface area contributed by atoms with Crippen LogP contribution in [0.25, 0.3) is 11.5 Å². The molecular weight excluding hydrogens is 379 g/mol. The molecule has 0 bridgehead atoms. The third-order valence-corrected chi connectivity index (χ3v) is 3.74.